The molecule has 6 nitrogen and oxygen atoms in total. The van der Waals surface area contributed by atoms with E-state index in [4.69, 9.17) is 4.98 Å². The summed E-state index contributed by atoms with van der Waals surface area (Å²) in [4.78, 5) is 24.2. The van der Waals surface area contributed by atoms with Crippen molar-refractivity contribution >= 4 is 11.9 Å². The maximum absolute atomic E-state index is 13.0. The molecule has 1 aliphatic heterocycles. The number of benzene rings is 1. The number of likely N-dealkylation sites (tertiary alicyclic amines) is 1. The molecule has 2 heterocycles. The Balaban J connectivity index is 1.75. The zero-order valence-electron chi connectivity index (χ0n) is 18.7. The standard InChI is InChI=1S/C24H35N5O/c1-18(19-10-6-5-7-11-19)27-23-26-16-20(22(30)29-14-8-9-15-29)21(28-23)12-13-25-17-24(2,3)4/h5-7,10-11,16,18,25H,8-9,12-15,17H2,1-4H3,(H,26,27,28)/t18-/m1/s1. The number of hydrogen-bond acceptors (Lipinski definition) is 5. The summed E-state index contributed by atoms with van der Waals surface area (Å²) in [5.41, 5.74) is 2.84. The van der Waals surface area contributed by atoms with Gasteiger partial charge in [0.1, 0.15) is 0 Å². The fraction of sp³-hybridized carbons (Fsp3) is 0.542. The monoisotopic (exact) mass is 409 g/mol. The summed E-state index contributed by atoms with van der Waals surface area (Å²) in [6.45, 7) is 12.1. The van der Waals surface area contributed by atoms with Gasteiger partial charge >= 0.3 is 0 Å². The van der Waals surface area contributed by atoms with E-state index in [0.717, 1.165) is 44.7 Å². The maximum Gasteiger partial charge on any atom is 0.257 e. The SMILES string of the molecule is C[C@@H](Nc1ncc(C(=O)N2CCCC2)c(CCNCC(C)(C)C)n1)c1ccccc1. The van der Waals surface area contributed by atoms with Crippen LogP contribution in [0.15, 0.2) is 36.5 Å². The Morgan fingerprint density at radius 3 is 2.53 bits per heavy atom. The second-order valence-corrected chi connectivity index (χ2v) is 9.32. The van der Waals surface area contributed by atoms with Gasteiger partial charge in [-0.2, -0.15) is 0 Å². The summed E-state index contributed by atoms with van der Waals surface area (Å²) in [6, 6.07) is 10.3. The highest BCUT2D eigenvalue weighted by Crippen LogP contribution is 2.20. The minimum atomic E-state index is 0.0565. The van der Waals surface area contributed by atoms with E-state index in [1.54, 1.807) is 6.20 Å². The molecule has 2 N–H and O–H groups in total. The lowest BCUT2D eigenvalue weighted by atomic mass is 9.97. The molecule has 0 bridgehead atoms. The van der Waals surface area contributed by atoms with Crippen LogP contribution in [0.1, 0.15) is 68.2 Å². The first-order valence-corrected chi connectivity index (χ1v) is 11.0. The summed E-state index contributed by atoms with van der Waals surface area (Å²) < 4.78 is 0. The van der Waals surface area contributed by atoms with E-state index in [1.807, 2.05) is 23.1 Å². The molecule has 0 spiro atoms. The quantitative estimate of drug-likeness (QED) is 0.644. The van der Waals surface area contributed by atoms with E-state index in [2.05, 4.69) is 55.4 Å². The normalized spacial score (nSPS) is 15.3. The molecule has 1 aromatic carbocycles. The molecule has 6 heteroatoms. The summed E-state index contributed by atoms with van der Waals surface area (Å²) in [5.74, 6) is 0.621. The van der Waals surface area contributed by atoms with E-state index in [0.29, 0.717) is 17.9 Å². The van der Waals surface area contributed by atoms with Gasteiger partial charge in [0.15, 0.2) is 0 Å². The molecule has 30 heavy (non-hydrogen) atoms. The number of carbonyl (C=O) groups excluding carboxylic acids is 1. The van der Waals surface area contributed by atoms with E-state index in [9.17, 15) is 4.79 Å². The van der Waals surface area contributed by atoms with Crippen molar-refractivity contribution in [2.75, 3.05) is 31.5 Å². The Bertz CT molecular complexity index is 825. The molecule has 0 radical (unpaired) electrons. The van der Waals surface area contributed by atoms with Crippen molar-refractivity contribution in [3.63, 3.8) is 0 Å². The van der Waals surface area contributed by atoms with Crippen molar-refractivity contribution in [3.8, 4) is 0 Å². The lowest BCUT2D eigenvalue weighted by molar-refractivity contribution is 0.0790. The Kier molecular flexibility index (Phi) is 7.43. The number of nitrogens with zero attached hydrogens (tertiary/aromatic N) is 3. The minimum Gasteiger partial charge on any atom is -0.348 e. The lowest BCUT2D eigenvalue weighted by Crippen LogP contribution is -2.31. The Hall–Kier alpha value is -2.47. The van der Waals surface area contributed by atoms with Crippen LogP contribution in [0, 0.1) is 5.41 Å². The second kappa shape index (κ2) is 10.0. The Morgan fingerprint density at radius 1 is 1.17 bits per heavy atom. The molecule has 162 valence electrons. The summed E-state index contributed by atoms with van der Waals surface area (Å²) in [5, 5.41) is 6.87. The highest BCUT2D eigenvalue weighted by Gasteiger charge is 2.23. The van der Waals surface area contributed by atoms with Gasteiger partial charge in [0.2, 0.25) is 5.95 Å². The number of hydrogen-bond donors (Lipinski definition) is 2. The fourth-order valence-electron chi connectivity index (χ4n) is 3.64. The fourth-order valence-corrected chi connectivity index (χ4v) is 3.64. The Morgan fingerprint density at radius 2 is 1.87 bits per heavy atom. The third-order valence-electron chi connectivity index (χ3n) is 5.33. The molecular weight excluding hydrogens is 374 g/mol. The predicted octanol–water partition coefficient (Wildman–Crippen LogP) is 4.06. The highest BCUT2D eigenvalue weighted by atomic mass is 16.2. The number of nitrogens with one attached hydrogen (secondary N) is 2. The molecule has 1 atom stereocenters. The van der Waals surface area contributed by atoms with Gasteiger partial charge in [0, 0.05) is 38.8 Å². The minimum absolute atomic E-state index is 0.0565. The first kappa shape index (κ1) is 22.2. The first-order valence-electron chi connectivity index (χ1n) is 11.0. The predicted molar refractivity (Wildman–Crippen MR) is 122 cm³/mol. The molecule has 1 aliphatic rings. The molecule has 3 rings (SSSR count). The van der Waals surface area contributed by atoms with Gasteiger partial charge in [0.05, 0.1) is 17.3 Å². The molecular formula is C24H35N5O. The second-order valence-electron chi connectivity index (χ2n) is 9.32. The molecule has 1 fully saturated rings. The van der Waals surface area contributed by atoms with Crippen LogP contribution in [0.4, 0.5) is 5.95 Å². The first-order chi connectivity index (χ1) is 14.3. The third kappa shape index (κ3) is 6.26. The lowest BCUT2D eigenvalue weighted by Gasteiger charge is -2.20. The number of rotatable bonds is 8. The van der Waals surface area contributed by atoms with Gasteiger partial charge in [-0.15, -0.1) is 0 Å². The van der Waals surface area contributed by atoms with Gasteiger partial charge in [-0.1, -0.05) is 51.1 Å². The van der Waals surface area contributed by atoms with E-state index in [-0.39, 0.29) is 17.4 Å². The summed E-state index contributed by atoms with van der Waals surface area (Å²) in [6.07, 6.45) is 4.54. The average molecular weight is 410 g/mol. The van der Waals surface area contributed by atoms with Crippen LogP contribution in [0.5, 0.6) is 0 Å². The summed E-state index contributed by atoms with van der Waals surface area (Å²) in [7, 11) is 0. The van der Waals surface area contributed by atoms with E-state index in [1.165, 1.54) is 5.56 Å². The topological polar surface area (TPSA) is 70.2 Å². The molecule has 2 aromatic rings. The van der Waals surface area contributed by atoms with Gasteiger partial charge in [-0.3, -0.25) is 4.79 Å². The summed E-state index contributed by atoms with van der Waals surface area (Å²) >= 11 is 0. The zero-order valence-corrected chi connectivity index (χ0v) is 18.7. The average Bonchev–Trinajstić information content (AvgIpc) is 3.26. The van der Waals surface area contributed by atoms with Gasteiger partial charge in [-0.05, 0) is 30.7 Å². The van der Waals surface area contributed by atoms with Crippen molar-refractivity contribution in [2.45, 2.75) is 53.0 Å². The largest absolute Gasteiger partial charge is 0.348 e. The van der Waals surface area contributed by atoms with E-state index >= 15 is 0 Å². The zero-order chi connectivity index (χ0) is 21.6. The third-order valence-corrected chi connectivity index (χ3v) is 5.33. The van der Waals surface area contributed by atoms with Crippen molar-refractivity contribution in [1.82, 2.24) is 20.2 Å². The van der Waals surface area contributed by atoms with Gasteiger partial charge < -0.3 is 15.5 Å². The number of anilines is 1. The molecule has 0 aliphatic carbocycles. The van der Waals surface area contributed by atoms with Crippen LogP contribution in [-0.4, -0.2) is 47.0 Å². The maximum atomic E-state index is 13.0. The molecule has 0 unspecified atom stereocenters. The number of amides is 1. The van der Waals surface area contributed by atoms with Gasteiger partial charge in [-0.25, -0.2) is 9.97 Å². The molecule has 1 amide bonds. The van der Waals surface area contributed by atoms with E-state index < -0.39 is 0 Å². The van der Waals surface area contributed by atoms with Crippen LogP contribution >= 0.6 is 0 Å². The van der Waals surface area contributed by atoms with Crippen molar-refractivity contribution in [2.24, 2.45) is 5.41 Å². The highest BCUT2D eigenvalue weighted by molar-refractivity contribution is 5.95. The van der Waals surface area contributed by atoms with Crippen molar-refractivity contribution < 1.29 is 4.79 Å². The molecule has 1 aromatic heterocycles. The smallest absolute Gasteiger partial charge is 0.257 e. The van der Waals surface area contributed by atoms with Crippen LogP contribution in [0.3, 0.4) is 0 Å². The van der Waals surface area contributed by atoms with Crippen molar-refractivity contribution in [1.29, 1.82) is 0 Å². The number of carbonyl (C=O) groups is 1. The molecule has 1 saturated heterocycles. The number of aromatic nitrogens is 2. The van der Waals surface area contributed by atoms with Crippen LogP contribution < -0.4 is 10.6 Å². The van der Waals surface area contributed by atoms with Gasteiger partial charge in [0.25, 0.3) is 5.91 Å². The Labute approximate surface area is 180 Å². The van der Waals surface area contributed by atoms with Crippen LogP contribution in [0.2, 0.25) is 0 Å². The van der Waals surface area contributed by atoms with Crippen LogP contribution in [-0.2, 0) is 6.42 Å². The molecule has 0 saturated carbocycles. The van der Waals surface area contributed by atoms with Crippen LogP contribution in [0.25, 0.3) is 0 Å². The van der Waals surface area contributed by atoms with Crippen molar-refractivity contribution in [3.05, 3.63) is 53.3 Å².